The van der Waals surface area contributed by atoms with Crippen LogP contribution in [0, 0.1) is 0 Å². The number of nitrogens with one attached hydrogen (secondary N) is 2. The third-order valence-electron chi connectivity index (χ3n) is 6.44. The van der Waals surface area contributed by atoms with Crippen molar-refractivity contribution in [1.82, 2.24) is 19.7 Å². The van der Waals surface area contributed by atoms with E-state index in [4.69, 9.17) is 20.4 Å². The number of esters is 1. The van der Waals surface area contributed by atoms with E-state index in [0.717, 1.165) is 48.0 Å². The highest BCUT2D eigenvalue weighted by molar-refractivity contribution is 5.87. The number of H-pyrrole nitrogens is 1. The van der Waals surface area contributed by atoms with Crippen molar-refractivity contribution in [3.8, 4) is 5.75 Å². The van der Waals surface area contributed by atoms with Crippen LogP contribution in [0.1, 0.15) is 83.5 Å². The van der Waals surface area contributed by atoms with E-state index < -0.39 is 0 Å². The first-order valence-corrected chi connectivity index (χ1v) is 12.6. The Labute approximate surface area is 206 Å². The molecule has 2 unspecified atom stereocenters. The van der Waals surface area contributed by atoms with Gasteiger partial charge in [0.1, 0.15) is 5.75 Å². The maximum atomic E-state index is 11.3. The summed E-state index contributed by atoms with van der Waals surface area (Å²) in [6.45, 7) is 10.5. The number of nitrogens with zero attached hydrogens (tertiary/aromatic N) is 4. The van der Waals surface area contributed by atoms with Gasteiger partial charge in [-0.15, -0.1) is 0 Å². The van der Waals surface area contributed by atoms with E-state index in [1.807, 2.05) is 18.2 Å². The lowest BCUT2D eigenvalue weighted by Crippen LogP contribution is -2.39. The molecule has 1 fully saturated rings. The van der Waals surface area contributed by atoms with E-state index in [1.165, 1.54) is 6.92 Å². The molecule has 9 heteroatoms. The van der Waals surface area contributed by atoms with Crippen LogP contribution in [-0.2, 0) is 11.3 Å². The van der Waals surface area contributed by atoms with Crippen molar-refractivity contribution in [2.75, 3.05) is 5.32 Å². The summed E-state index contributed by atoms with van der Waals surface area (Å²) in [6, 6.07) is 7.71. The molecular weight excluding hydrogens is 442 g/mol. The summed E-state index contributed by atoms with van der Waals surface area (Å²) in [5.41, 5.74) is 10.9. The Bertz CT molecular complexity index is 1260. The third kappa shape index (κ3) is 5.56. The van der Waals surface area contributed by atoms with Crippen molar-refractivity contribution in [3.05, 3.63) is 41.1 Å². The van der Waals surface area contributed by atoms with Gasteiger partial charge in [0.2, 0.25) is 5.62 Å². The van der Waals surface area contributed by atoms with Crippen LogP contribution in [0.2, 0.25) is 0 Å². The highest BCUT2D eigenvalue weighted by Crippen LogP contribution is 2.28. The minimum absolute atomic E-state index is 0.0520. The second kappa shape index (κ2) is 10.6. The van der Waals surface area contributed by atoms with Crippen molar-refractivity contribution >= 4 is 22.8 Å². The molecule has 2 heterocycles. The van der Waals surface area contributed by atoms with E-state index in [2.05, 4.69) is 47.8 Å². The van der Waals surface area contributed by atoms with Crippen LogP contribution in [0.4, 0.5) is 5.82 Å². The Morgan fingerprint density at radius 3 is 2.74 bits per heavy atom. The number of nitrogens with two attached hydrogens (primary N) is 1. The Balaban J connectivity index is 1.80. The number of hydrogen-bond donors (Lipinski definition) is 3. The Hall–Kier alpha value is -3.20. The van der Waals surface area contributed by atoms with Crippen LogP contribution in [0.25, 0.3) is 11.0 Å². The van der Waals surface area contributed by atoms with Crippen molar-refractivity contribution in [2.45, 2.75) is 90.9 Å². The first kappa shape index (κ1) is 24.9. The molecule has 0 bridgehead atoms. The molecule has 188 valence electrons. The molecule has 4 N–H and O–H groups in total. The van der Waals surface area contributed by atoms with Crippen LogP contribution < -0.4 is 21.4 Å². The first-order chi connectivity index (χ1) is 16.7. The fraction of sp³-hybridized carbons (Fsp3) is 0.538. The third-order valence-corrected chi connectivity index (χ3v) is 6.44. The van der Waals surface area contributed by atoms with Crippen molar-refractivity contribution in [2.24, 2.45) is 10.7 Å². The standard InChI is InChI=1S/C26H37N7O2/c1-15(2)22-24-23(32-31-22)25(28-14-18-9-8-10-19(13-18)35-17(5)34)30-26(33(24)16(3)4)29-21-12-7-6-11-20(21)27/h8-10,13,15-16,20-21H,6-7,11-12,14,27H2,1-5H3,(H,31,32)(H,28,29,30). The van der Waals surface area contributed by atoms with Crippen molar-refractivity contribution < 1.29 is 9.53 Å². The fourth-order valence-electron chi connectivity index (χ4n) is 4.69. The van der Waals surface area contributed by atoms with E-state index in [1.54, 1.807) is 6.07 Å². The summed E-state index contributed by atoms with van der Waals surface area (Å²) < 4.78 is 7.42. The molecule has 1 aromatic carbocycles. The monoisotopic (exact) mass is 479 g/mol. The van der Waals surface area contributed by atoms with Gasteiger partial charge in [0.25, 0.3) is 0 Å². The lowest BCUT2D eigenvalue weighted by molar-refractivity contribution is -0.131. The minimum atomic E-state index is -0.343. The maximum absolute atomic E-state index is 11.3. The van der Waals surface area contributed by atoms with Gasteiger partial charge in [-0.1, -0.05) is 38.8 Å². The molecule has 0 amide bonds. The SMILES string of the molecule is CC(=O)Oc1cccc(CNc2nc(=NC3CCCCC3N)n(C(C)C)c3c(C(C)C)[nH]nc23)c1. The average molecular weight is 480 g/mol. The molecule has 0 radical (unpaired) electrons. The smallest absolute Gasteiger partial charge is 0.308 e. The lowest BCUT2D eigenvalue weighted by Gasteiger charge is -2.25. The molecule has 1 aliphatic rings. The zero-order chi connectivity index (χ0) is 25.1. The number of fused-ring (bicyclic) bond motifs is 1. The molecule has 4 rings (SSSR count). The highest BCUT2D eigenvalue weighted by Gasteiger charge is 2.24. The van der Waals surface area contributed by atoms with Gasteiger partial charge in [0.15, 0.2) is 11.3 Å². The fourth-order valence-corrected chi connectivity index (χ4v) is 4.69. The summed E-state index contributed by atoms with van der Waals surface area (Å²) >= 11 is 0. The molecule has 2 aromatic heterocycles. The van der Waals surface area contributed by atoms with Gasteiger partial charge in [0.05, 0.1) is 17.3 Å². The highest BCUT2D eigenvalue weighted by atomic mass is 16.5. The second-order valence-electron chi connectivity index (χ2n) is 9.95. The molecule has 0 saturated heterocycles. The second-order valence-corrected chi connectivity index (χ2v) is 9.95. The number of aromatic nitrogens is 4. The quantitative estimate of drug-likeness (QED) is 0.345. The zero-order valence-corrected chi connectivity index (χ0v) is 21.3. The van der Waals surface area contributed by atoms with E-state index in [0.29, 0.717) is 23.7 Å². The number of hydrogen-bond acceptors (Lipinski definition) is 7. The van der Waals surface area contributed by atoms with Crippen molar-refractivity contribution in [1.29, 1.82) is 0 Å². The normalized spacial score (nSPS) is 19.0. The van der Waals surface area contributed by atoms with E-state index >= 15 is 0 Å². The number of carbonyl (C=O) groups is 1. The van der Waals surface area contributed by atoms with Gasteiger partial charge in [0, 0.05) is 25.6 Å². The molecule has 3 aromatic rings. The van der Waals surface area contributed by atoms with Crippen LogP contribution in [0.5, 0.6) is 5.75 Å². The number of carbonyl (C=O) groups excluding carboxylic acids is 1. The molecular formula is C26H37N7O2. The van der Waals surface area contributed by atoms with Crippen LogP contribution >= 0.6 is 0 Å². The van der Waals surface area contributed by atoms with Crippen LogP contribution in [-0.4, -0.2) is 37.8 Å². The van der Waals surface area contributed by atoms with Gasteiger partial charge in [-0.3, -0.25) is 9.89 Å². The number of benzene rings is 1. The molecule has 0 aliphatic heterocycles. The Kier molecular flexibility index (Phi) is 7.54. The minimum Gasteiger partial charge on any atom is -0.427 e. The summed E-state index contributed by atoms with van der Waals surface area (Å²) in [5.74, 6) is 1.10. The summed E-state index contributed by atoms with van der Waals surface area (Å²) in [7, 11) is 0. The van der Waals surface area contributed by atoms with Gasteiger partial charge in [-0.2, -0.15) is 10.1 Å². The van der Waals surface area contributed by atoms with Gasteiger partial charge in [-0.25, -0.2) is 4.99 Å². The van der Waals surface area contributed by atoms with E-state index in [-0.39, 0.29) is 30.0 Å². The predicted octanol–water partition coefficient (Wildman–Crippen LogP) is 4.17. The zero-order valence-electron chi connectivity index (χ0n) is 21.3. The van der Waals surface area contributed by atoms with Gasteiger partial charge >= 0.3 is 5.97 Å². The molecule has 1 saturated carbocycles. The van der Waals surface area contributed by atoms with Crippen molar-refractivity contribution in [3.63, 3.8) is 0 Å². The number of anilines is 1. The molecule has 35 heavy (non-hydrogen) atoms. The lowest BCUT2D eigenvalue weighted by atomic mass is 9.91. The van der Waals surface area contributed by atoms with Gasteiger partial charge < -0.3 is 20.4 Å². The summed E-state index contributed by atoms with van der Waals surface area (Å²) in [6.07, 6.45) is 4.26. The summed E-state index contributed by atoms with van der Waals surface area (Å²) in [5, 5.41) is 11.3. The number of aromatic amines is 1. The van der Waals surface area contributed by atoms with Gasteiger partial charge in [-0.05, 0) is 50.3 Å². The predicted molar refractivity (Wildman–Crippen MR) is 137 cm³/mol. The molecule has 0 spiro atoms. The summed E-state index contributed by atoms with van der Waals surface area (Å²) in [4.78, 5) is 21.4. The first-order valence-electron chi connectivity index (χ1n) is 12.6. The van der Waals surface area contributed by atoms with E-state index in [9.17, 15) is 4.79 Å². The molecule has 1 aliphatic carbocycles. The molecule has 2 atom stereocenters. The largest absolute Gasteiger partial charge is 0.427 e. The Morgan fingerprint density at radius 1 is 1.29 bits per heavy atom. The topological polar surface area (TPSA) is 123 Å². The molecule has 9 nitrogen and oxygen atoms in total. The van der Waals surface area contributed by atoms with Crippen LogP contribution in [0.3, 0.4) is 0 Å². The van der Waals surface area contributed by atoms with Crippen LogP contribution in [0.15, 0.2) is 29.3 Å². The Morgan fingerprint density at radius 2 is 2.06 bits per heavy atom. The number of rotatable bonds is 7. The number of ether oxygens (including phenoxy) is 1. The average Bonchev–Trinajstić information content (AvgIpc) is 3.24. The maximum Gasteiger partial charge on any atom is 0.308 e.